The second kappa shape index (κ2) is 9.12. The van der Waals surface area contributed by atoms with Crippen LogP contribution >= 0.6 is 0 Å². The Morgan fingerprint density at radius 3 is 2.18 bits per heavy atom. The Morgan fingerprint density at radius 2 is 1.52 bits per heavy atom. The molecule has 0 aliphatic heterocycles. The van der Waals surface area contributed by atoms with Gasteiger partial charge in [-0.2, -0.15) is 0 Å². The van der Waals surface area contributed by atoms with Crippen LogP contribution in [0, 0.1) is 25.5 Å². The number of aromatic nitrogens is 3. The smallest absolute Gasteiger partial charge is 0.274 e. The molecule has 0 aliphatic rings. The average molecular weight is 445 g/mol. The number of hydrogen-bond donors (Lipinski definition) is 2. The zero-order valence-electron chi connectivity index (χ0n) is 18.1. The highest BCUT2D eigenvalue weighted by molar-refractivity contribution is 5.98. The molecule has 33 heavy (non-hydrogen) atoms. The summed E-state index contributed by atoms with van der Waals surface area (Å²) in [7, 11) is 0. The van der Waals surface area contributed by atoms with Gasteiger partial charge in [0, 0.05) is 34.6 Å². The van der Waals surface area contributed by atoms with E-state index in [0.29, 0.717) is 28.1 Å². The van der Waals surface area contributed by atoms with Crippen molar-refractivity contribution in [3.8, 4) is 22.5 Å². The van der Waals surface area contributed by atoms with Crippen LogP contribution in [0.4, 0.5) is 14.6 Å². The molecule has 3 N–H and O–H groups in total. The predicted molar refractivity (Wildman–Crippen MR) is 122 cm³/mol. The molecule has 0 fully saturated rings. The maximum atomic E-state index is 13.9. The van der Waals surface area contributed by atoms with Crippen molar-refractivity contribution in [2.45, 2.75) is 20.4 Å². The average Bonchev–Trinajstić information content (AvgIpc) is 2.78. The van der Waals surface area contributed by atoms with Crippen LogP contribution in [0.1, 0.15) is 27.4 Å². The summed E-state index contributed by atoms with van der Waals surface area (Å²) in [5.74, 6) is -1.49. The number of anilines is 1. The van der Waals surface area contributed by atoms with Gasteiger partial charge in [-0.1, -0.05) is 18.2 Å². The van der Waals surface area contributed by atoms with Crippen LogP contribution in [0.3, 0.4) is 0 Å². The minimum Gasteiger partial charge on any atom is -0.382 e. The summed E-state index contributed by atoms with van der Waals surface area (Å²) in [6, 6.07) is 15.6. The molecule has 0 saturated carbocycles. The van der Waals surface area contributed by atoms with Gasteiger partial charge < -0.3 is 11.1 Å². The van der Waals surface area contributed by atoms with E-state index in [4.69, 9.17) is 5.73 Å². The predicted octanol–water partition coefficient (Wildman–Crippen LogP) is 4.61. The van der Waals surface area contributed by atoms with Crippen molar-refractivity contribution < 1.29 is 13.6 Å². The zero-order valence-corrected chi connectivity index (χ0v) is 18.1. The van der Waals surface area contributed by atoms with Crippen LogP contribution in [-0.2, 0) is 6.54 Å². The number of nitrogen functional groups attached to an aromatic ring is 1. The minimum absolute atomic E-state index is 0.0326. The van der Waals surface area contributed by atoms with Crippen molar-refractivity contribution in [1.82, 2.24) is 20.3 Å². The van der Waals surface area contributed by atoms with E-state index < -0.39 is 11.7 Å². The Bertz CT molecular complexity index is 1320. The van der Waals surface area contributed by atoms with Gasteiger partial charge in [-0.25, -0.2) is 18.7 Å². The number of pyridine rings is 1. The third kappa shape index (κ3) is 4.85. The number of nitrogens with two attached hydrogens (primary N) is 1. The van der Waals surface area contributed by atoms with Gasteiger partial charge in [-0.05, 0) is 56.3 Å². The number of carbonyl (C=O) groups excluding carboxylic acids is 1. The largest absolute Gasteiger partial charge is 0.382 e. The number of aryl methyl sites for hydroxylation is 2. The first-order valence-electron chi connectivity index (χ1n) is 10.2. The summed E-state index contributed by atoms with van der Waals surface area (Å²) in [5, 5.41) is 2.64. The Kier molecular flexibility index (Phi) is 6.08. The lowest BCUT2D eigenvalue weighted by Crippen LogP contribution is -2.26. The number of nitrogens with zero attached hydrogens (tertiary/aromatic N) is 3. The van der Waals surface area contributed by atoms with Crippen LogP contribution in [0.5, 0.6) is 0 Å². The van der Waals surface area contributed by atoms with Crippen molar-refractivity contribution in [1.29, 1.82) is 0 Å². The molecule has 4 aromatic rings. The lowest BCUT2D eigenvalue weighted by atomic mass is 10.0. The molecule has 0 saturated heterocycles. The first-order chi connectivity index (χ1) is 15.8. The molecule has 0 spiro atoms. The molecule has 1 amide bonds. The quantitative estimate of drug-likeness (QED) is 0.468. The van der Waals surface area contributed by atoms with Crippen molar-refractivity contribution in [3.63, 3.8) is 0 Å². The number of nitrogens with one attached hydrogen (secondary N) is 1. The summed E-state index contributed by atoms with van der Waals surface area (Å²) in [5.41, 5.74) is 9.97. The molecule has 4 rings (SSSR count). The fraction of sp³-hybridized carbons (Fsp3) is 0.120. The van der Waals surface area contributed by atoms with Crippen molar-refractivity contribution in [2.75, 3.05) is 5.73 Å². The molecule has 0 atom stereocenters. The number of hydrogen-bond acceptors (Lipinski definition) is 5. The normalized spacial score (nSPS) is 10.8. The fourth-order valence-corrected chi connectivity index (χ4v) is 3.50. The first-order valence-corrected chi connectivity index (χ1v) is 10.2. The van der Waals surface area contributed by atoms with Crippen LogP contribution < -0.4 is 11.1 Å². The summed E-state index contributed by atoms with van der Waals surface area (Å²) < 4.78 is 27.4. The van der Waals surface area contributed by atoms with Gasteiger partial charge in [0.05, 0.1) is 11.4 Å². The summed E-state index contributed by atoms with van der Waals surface area (Å²) in [6.07, 6.45) is 0. The van der Waals surface area contributed by atoms with E-state index in [2.05, 4.69) is 20.3 Å². The number of halogens is 2. The summed E-state index contributed by atoms with van der Waals surface area (Å²) >= 11 is 0. The summed E-state index contributed by atoms with van der Waals surface area (Å²) in [6.45, 7) is 3.66. The van der Waals surface area contributed by atoms with Crippen molar-refractivity contribution in [2.24, 2.45) is 0 Å². The maximum absolute atomic E-state index is 13.9. The van der Waals surface area contributed by atoms with Gasteiger partial charge in [-0.15, -0.1) is 0 Å². The molecule has 8 heteroatoms. The van der Waals surface area contributed by atoms with E-state index >= 15 is 0 Å². The van der Waals surface area contributed by atoms with E-state index in [0.717, 1.165) is 11.4 Å². The second-order valence-electron chi connectivity index (χ2n) is 7.57. The highest BCUT2D eigenvalue weighted by Crippen LogP contribution is 2.31. The van der Waals surface area contributed by atoms with Gasteiger partial charge in [-0.3, -0.25) is 9.78 Å². The Morgan fingerprint density at radius 1 is 0.879 bits per heavy atom. The van der Waals surface area contributed by atoms with E-state index in [-0.39, 0.29) is 23.9 Å². The molecule has 0 unspecified atom stereocenters. The zero-order chi connectivity index (χ0) is 23.5. The molecule has 0 aliphatic carbocycles. The van der Waals surface area contributed by atoms with E-state index in [9.17, 15) is 13.6 Å². The Labute approximate surface area is 189 Å². The topological polar surface area (TPSA) is 93.8 Å². The van der Waals surface area contributed by atoms with E-state index in [1.807, 2.05) is 26.0 Å². The molecule has 0 bridgehead atoms. The second-order valence-corrected chi connectivity index (χ2v) is 7.57. The van der Waals surface area contributed by atoms with Crippen LogP contribution in [0.25, 0.3) is 22.5 Å². The number of amides is 1. The maximum Gasteiger partial charge on any atom is 0.274 e. The van der Waals surface area contributed by atoms with Crippen molar-refractivity contribution in [3.05, 3.63) is 94.9 Å². The minimum atomic E-state index is -0.586. The van der Waals surface area contributed by atoms with Crippen LogP contribution in [0.15, 0.2) is 60.7 Å². The fourth-order valence-electron chi connectivity index (χ4n) is 3.50. The van der Waals surface area contributed by atoms with Crippen LogP contribution in [-0.4, -0.2) is 20.9 Å². The lowest BCUT2D eigenvalue weighted by molar-refractivity contribution is 0.0946. The monoisotopic (exact) mass is 445 g/mol. The van der Waals surface area contributed by atoms with Gasteiger partial charge in [0.2, 0.25) is 0 Å². The molecule has 2 heterocycles. The van der Waals surface area contributed by atoms with Gasteiger partial charge >= 0.3 is 0 Å². The highest BCUT2D eigenvalue weighted by atomic mass is 19.1. The standard InChI is InChI=1S/C25H21F2N5O/c1-14-11-18(12-15(2)30-14)22-21(16-7-9-19(26)10-8-16)32-24(28)23(31-22)25(33)29-13-17-5-3-4-6-20(17)27/h3-12H,13H2,1-2H3,(H2,28,32)(H,29,33). The van der Waals surface area contributed by atoms with Gasteiger partial charge in [0.25, 0.3) is 5.91 Å². The molecule has 2 aromatic heterocycles. The van der Waals surface area contributed by atoms with E-state index in [1.54, 1.807) is 30.3 Å². The highest BCUT2D eigenvalue weighted by Gasteiger charge is 2.20. The van der Waals surface area contributed by atoms with Crippen molar-refractivity contribution >= 4 is 11.7 Å². The SMILES string of the molecule is Cc1cc(-c2nc(C(=O)NCc3ccccc3F)c(N)nc2-c2ccc(F)cc2)cc(C)n1. The van der Waals surface area contributed by atoms with Crippen LogP contribution in [0.2, 0.25) is 0 Å². The number of carbonyl (C=O) groups is 1. The third-order valence-electron chi connectivity index (χ3n) is 5.01. The summed E-state index contributed by atoms with van der Waals surface area (Å²) in [4.78, 5) is 26.2. The molecule has 0 radical (unpaired) electrons. The van der Waals surface area contributed by atoms with Gasteiger partial charge in [0.15, 0.2) is 11.5 Å². The van der Waals surface area contributed by atoms with Gasteiger partial charge in [0.1, 0.15) is 11.6 Å². The number of benzene rings is 2. The van der Waals surface area contributed by atoms with E-state index in [1.165, 1.54) is 18.2 Å². The number of rotatable bonds is 5. The molecular weight excluding hydrogens is 424 g/mol. The lowest BCUT2D eigenvalue weighted by Gasteiger charge is -2.14. The molecule has 166 valence electrons. The molecular formula is C25H21F2N5O. The third-order valence-corrected chi connectivity index (χ3v) is 5.01. The first kappa shape index (κ1) is 22.0. The molecule has 6 nitrogen and oxygen atoms in total. The molecule has 2 aromatic carbocycles. The Hall–Kier alpha value is -4.20. The Balaban J connectivity index is 1.78.